The van der Waals surface area contributed by atoms with Crippen molar-refractivity contribution in [2.75, 3.05) is 13.1 Å². The highest BCUT2D eigenvalue weighted by Crippen LogP contribution is 2.57. The second-order valence-corrected chi connectivity index (χ2v) is 7.71. The smallest absolute Gasteiger partial charge is 0.00138 e. The zero-order valence-electron chi connectivity index (χ0n) is 14.0. The highest BCUT2D eigenvalue weighted by Gasteiger charge is 2.50. The summed E-state index contributed by atoms with van der Waals surface area (Å²) in [6.07, 6.45) is 8.45. The number of nitrogens with one attached hydrogen (secondary N) is 1. The van der Waals surface area contributed by atoms with Gasteiger partial charge in [-0.3, -0.25) is 0 Å². The Morgan fingerprint density at radius 3 is 2.67 bits per heavy atom. The first-order chi connectivity index (χ1) is 10.1. The minimum absolute atomic E-state index is 0.541. The minimum atomic E-state index is 0.541. The summed E-state index contributed by atoms with van der Waals surface area (Å²) in [5.41, 5.74) is 4.97. The van der Waals surface area contributed by atoms with E-state index in [1.807, 2.05) is 0 Å². The molecule has 0 radical (unpaired) electrons. The molecule has 0 heterocycles. The molecule has 0 amide bonds. The van der Waals surface area contributed by atoms with Gasteiger partial charge in [0, 0.05) is 6.54 Å². The number of benzene rings is 1. The van der Waals surface area contributed by atoms with Crippen LogP contribution in [0.5, 0.6) is 0 Å². The molecule has 2 saturated carbocycles. The fourth-order valence-electron chi connectivity index (χ4n) is 4.89. The first-order valence-corrected chi connectivity index (χ1v) is 8.90. The molecule has 3 unspecified atom stereocenters. The SMILES string of the molecule is CCCNCC1(Cc2ccc(C)c(C)c2)CC2CCC1C2. The quantitative estimate of drug-likeness (QED) is 0.750. The zero-order chi connectivity index (χ0) is 14.9. The third-order valence-electron chi connectivity index (χ3n) is 6.13. The van der Waals surface area contributed by atoms with Crippen LogP contribution in [0, 0.1) is 31.1 Å². The molecular weight excluding hydrogens is 254 g/mol. The van der Waals surface area contributed by atoms with Gasteiger partial charge in [0.25, 0.3) is 0 Å². The van der Waals surface area contributed by atoms with E-state index < -0.39 is 0 Å². The van der Waals surface area contributed by atoms with Gasteiger partial charge in [-0.05, 0) is 86.4 Å². The summed E-state index contributed by atoms with van der Waals surface area (Å²) in [6.45, 7) is 9.14. The van der Waals surface area contributed by atoms with Gasteiger partial charge in [-0.1, -0.05) is 31.5 Å². The van der Waals surface area contributed by atoms with Gasteiger partial charge < -0.3 is 5.32 Å². The van der Waals surface area contributed by atoms with Crippen molar-refractivity contribution in [3.05, 3.63) is 34.9 Å². The summed E-state index contributed by atoms with van der Waals surface area (Å²) in [5.74, 6) is 1.98. The summed E-state index contributed by atoms with van der Waals surface area (Å²) in [5, 5.41) is 3.75. The molecule has 3 atom stereocenters. The van der Waals surface area contributed by atoms with Crippen molar-refractivity contribution in [2.45, 2.75) is 59.3 Å². The molecule has 1 nitrogen and oxygen atoms in total. The molecule has 2 aliphatic rings. The van der Waals surface area contributed by atoms with Crippen molar-refractivity contribution in [2.24, 2.45) is 17.3 Å². The van der Waals surface area contributed by atoms with E-state index in [4.69, 9.17) is 0 Å². The lowest BCUT2D eigenvalue weighted by atomic mass is 9.69. The Morgan fingerprint density at radius 1 is 1.19 bits per heavy atom. The largest absolute Gasteiger partial charge is 0.316 e. The average Bonchev–Trinajstić information content (AvgIpc) is 3.04. The number of hydrogen-bond acceptors (Lipinski definition) is 1. The fraction of sp³-hybridized carbons (Fsp3) is 0.700. The Kier molecular flexibility index (Phi) is 4.40. The van der Waals surface area contributed by atoms with Gasteiger partial charge in [0.05, 0.1) is 0 Å². The highest BCUT2D eigenvalue weighted by atomic mass is 14.9. The maximum Gasteiger partial charge on any atom is 0.00138 e. The van der Waals surface area contributed by atoms with E-state index in [9.17, 15) is 0 Å². The van der Waals surface area contributed by atoms with Crippen LogP contribution >= 0.6 is 0 Å². The number of aryl methyl sites for hydroxylation is 2. The van der Waals surface area contributed by atoms with Gasteiger partial charge in [0.15, 0.2) is 0 Å². The van der Waals surface area contributed by atoms with Crippen LogP contribution in [0.25, 0.3) is 0 Å². The van der Waals surface area contributed by atoms with Gasteiger partial charge >= 0.3 is 0 Å². The van der Waals surface area contributed by atoms with Gasteiger partial charge in [0.2, 0.25) is 0 Å². The van der Waals surface area contributed by atoms with E-state index in [2.05, 4.69) is 44.3 Å². The summed E-state index contributed by atoms with van der Waals surface area (Å²) < 4.78 is 0. The molecule has 0 aromatic heterocycles. The second-order valence-electron chi connectivity index (χ2n) is 7.71. The lowest BCUT2D eigenvalue weighted by Gasteiger charge is -2.38. The van der Waals surface area contributed by atoms with Crippen LogP contribution in [0.4, 0.5) is 0 Å². The van der Waals surface area contributed by atoms with Crippen LogP contribution in [0.3, 0.4) is 0 Å². The summed E-state index contributed by atoms with van der Waals surface area (Å²) in [6, 6.07) is 7.11. The van der Waals surface area contributed by atoms with Crippen molar-refractivity contribution in [1.82, 2.24) is 5.32 Å². The van der Waals surface area contributed by atoms with Gasteiger partial charge in [-0.25, -0.2) is 0 Å². The molecular formula is C20H31N. The second kappa shape index (κ2) is 6.12. The maximum atomic E-state index is 3.75. The molecule has 3 rings (SSSR count). The Hall–Kier alpha value is -0.820. The van der Waals surface area contributed by atoms with Gasteiger partial charge in [-0.2, -0.15) is 0 Å². The Balaban J connectivity index is 1.77. The molecule has 116 valence electrons. The lowest BCUT2D eigenvalue weighted by Crippen LogP contribution is -2.40. The first-order valence-electron chi connectivity index (χ1n) is 8.90. The molecule has 1 N–H and O–H groups in total. The van der Waals surface area contributed by atoms with Crippen LogP contribution in [0.2, 0.25) is 0 Å². The van der Waals surface area contributed by atoms with E-state index in [1.165, 1.54) is 62.7 Å². The van der Waals surface area contributed by atoms with Crippen LogP contribution in [0.1, 0.15) is 55.7 Å². The average molecular weight is 285 g/mol. The molecule has 0 saturated heterocycles. The third-order valence-corrected chi connectivity index (χ3v) is 6.13. The Morgan fingerprint density at radius 2 is 2.05 bits per heavy atom. The van der Waals surface area contributed by atoms with Crippen molar-refractivity contribution in [1.29, 1.82) is 0 Å². The molecule has 2 bridgehead atoms. The van der Waals surface area contributed by atoms with E-state index in [1.54, 1.807) is 5.56 Å². The van der Waals surface area contributed by atoms with E-state index in [-0.39, 0.29) is 0 Å². The number of rotatable bonds is 6. The predicted octanol–water partition coefficient (Wildman–Crippen LogP) is 4.65. The molecule has 1 aromatic carbocycles. The lowest BCUT2D eigenvalue weighted by molar-refractivity contribution is 0.156. The van der Waals surface area contributed by atoms with Crippen molar-refractivity contribution in [3.8, 4) is 0 Å². The minimum Gasteiger partial charge on any atom is -0.316 e. The summed E-state index contributed by atoms with van der Waals surface area (Å²) >= 11 is 0. The zero-order valence-corrected chi connectivity index (χ0v) is 14.0. The molecule has 2 fully saturated rings. The molecule has 1 aromatic rings. The van der Waals surface area contributed by atoms with Gasteiger partial charge in [0.1, 0.15) is 0 Å². The molecule has 0 aliphatic heterocycles. The van der Waals surface area contributed by atoms with Crippen molar-refractivity contribution < 1.29 is 0 Å². The number of fused-ring (bicyclic) bond motifs is 2. The first kappa shape index (κ1) is 15.1. The van der Waals surface area contributed by atoms with Crippen LogP contribution < -0.4 is 5.32 Å². The highest BCUT2D eigenvalue weighted by molar-refractivity contribution is 5.31. The predicted molar refractivity (Wildman–Crippen MR) is 90.7 cm³/mol. The summed E-state index contributed by atoms with van der Waals surface area (Å²) in [7, 11) is 0. The van der Waals surface area contributed by atoms with E-state index in [0.717, 1.165) is 11.8 Å². The maximum absolute atomic E-state index is 3.75. The van der Waals surface area contributed by atoms with Crippen LogP contribution in [-0.2, 0) is 6.42 Å². The van der Waals surface area contributed by atoms with Crippen molar-refractivity contribution >= 4 is 0 Å². The Bertz CT molecular complexity index is 493. The van der Waals surface area contributed by atoms with Gasteiger partial charge in [-0.15, -0.1) is 0 Å². The summed E-state index contributed by atoms with van der Waals surface area (Å²) in [4.78, 5) is 0. The topological polar surface area (TPSA) is 12.0 Å². The van der Waals surface area contributed by atoms with E-state index in [0.29, 0.717) is 5.41 Å². The normalized spacial score (nSPS) is 31.0. The van der Waals surface area contributed by atoms with E-state index >= 15 is 0 Å². The molecule has 0 spiro atoms. The van der Waals surface area contributed by atoms with Crippen LogP contribution in [-0.4, -0.2) is 13.1 Å². The molecule has 21 heavy (non-hydrogen) atoms. The van der Waals surface area contributed by atoms with Crippen molar-refractivity contribution in [3.63, 3.8) is 0 Å². The number of hydrogen-bond donors (Lipinski definition) is 1. The molecule has 1 heteroatoms. The van der Waals surface area contributed by atoms with Crippen LogP contribution in [0.15, 0.2) is 18.2 Å². The fourth-order valence-corrected chi connectivity index (χ4v) is 4.89. The monoisotopic (exact) mass is 285 g/mol. The third kappa shape index (κ3) is 3.04. The standard InChI is InChI=1S/C20H31N/c1-4-9-21-14-20(13-18-7-8-19(20)11-18)12-17-6-5-15(2)16(3)10-17/h5-6,10,18-19,21H,4,7-9,11-14H2,1-3H3. The molecule has 2 aliphatic carbocycles. The Labute approximate surface area is 130 Å².